The number of aromatic nitrogens is 2. The number of benzene rings is 2. The van der Waals surface area contributed by atoms with Crippen molar-refractivity contribution in [2.24, 2.45) is 0 Å². The molecule has 2 heterocycles. The molecule has 2 unspecified atom stereocenters. The molecule has 3 aromatic rings. The maximum absolute atomic E-state index is 13.8. The first-order chi connectivity index (χ1) is 16.0. The molecule has 2 atom stereocenters. The minimum absolute atomic E-state index is 0.0635. The molecular formula is C27H32N4O2. The zero-order valence-corrected chi connectivity index (χ0v) is 19.5. The third-order valence-electron chi connectivity index (χ3n) is 7.41. The van der Waals surface area contributed by atoms with Gasteiger partial charge >= 0.3 is 0 Å². The van der Waals surface area contributed by atoms with E-state index in [1.54, 1.807) is 4.90 Å². The number of carbonyl (C=O) groups excluding carboxylic acids is 2. The van der Waals surface area contributed by atoms with Crippen molar-refractivity contribution in [3.63, 3.8) is 0 Å². The van der Waals surface area contributed by atoms with E-state index >= 15 is 0 Å². The van der Waals surface area contributed by atoms with E-state index < -0.39 is 5.54 Å². The Balaban J connectivity index is 1.52. The minimum atomic E-state index is -0.992. The van der Waals surface area contributed by atoms with Gasteiger partial charge in [0.05, 0.1) is 17.6 Å². The molecule has 33 heavy (non-hydrogen) atoms. The Hall–Kier alpha value is -3.15. The van der Waals surface area contributed by atoms with Crippen molar-refractivity contribution in [3.8, 4) is 0 Å². The zero-order valence-electron chi connectivity index (χ0n) is 19.5. The smallest absolute Gasteiger partial charge is 0.290 e. The Kier molecular flexibility index (Phi) is 5.69. The van der Waals surface area contributed by atoms with Gasteiger partial charge in [-0.25, -0.2) is 4.98 Å². The van der Waals surface area contributed by atoms with Crippen LogP contribution in [0.3, 0.4) is 0 Å². The monoisotopic (exact) mass is 444 g/mol. The quantitative estimate of drug-likeness (QED) is 0.630. The average molecular weight is 445 g/mol. The van der Waals surface area contributed by atoms with E-state index in [0.29, 0.717) is 18.9 Å². The molecule has 1 saturated carbocycles. The summed E-state index contributed by atoms with van der Waals surface area (Å²) >= 11 is 0. The summed E-state index contributed by atoms with van der Waals surface area (Å²) in [5, 5.41) is 3.30. The van der Waals surface area contributed by atoms with Gasteiger partial charge in [0.1, 0.15) is 5.54 Å². The molecule has 2 aliphatic rings. The number of hydrogen-bond donors (Lipinski definition) is 1. The fourth-order valence-electron chi connectivity index (χ4n) is 5.36. The van der Waals surface area contributed by atoms with Gasteiger partial charge in [-0.2, -0.15) is 0 Å². The number of carbonyl (C=O) groups is 2. The van der Waals surface area contributed by atoms with Crippen LogP contribution in [-0.4, -0.2) is 44.4 Å². The number of fused-ring (bicyclic) bond motifs is 3. The van der Waals surface area contributed by atoms with Crippen molar-refractivity contribution >= 4 is 22.8 Å². The third kappa shape index (κ3) is 3.92. The van der Waals surface area contributed by atoms with Gasteiger partial charge in [0.2, 0.25) is 5.91 Å². The number of nitrogens with zero attached hydrogens (tertiary/aromatic N) is 3. The van der Waals surface area contributed by atoms with Crippen LogP contribution in [-0.2, 0) is 11.3 Å². The van der Waals surface area contributed by atoms with E-state index in [1.807, 2.05) is 54.0 Å². The molecule has 1 fully saturated rings. The highest BCUT2D eigenvalue weighted by atomic mass is 16.2. The number of amides is 2. The summed E-state index contributed by atoms with van der Waals surface area (Å²) < 4.78 is 1.93. The standard InChI is InChI=1S/C27H32N4O2/c1-19(20-11-5-3-6-12-20)17-31-25(32)24-29-22-15-9-10-16-23(22)30(24)18-27(31,2)26(33)28-21-13-7-4-8-14-21/h3,5-6,9-12,15-16,19,21H,4,7-8,13-14,17-18H2,1-2H3,(H,28,33). The molecule has 1 aliphatic carbocycles. The normalized spacial score (nSPS) is 22.2. The maximum Gasteiger partial charge on any atom is 0.290 e. The molecule has 172 valence electrons. The van der Waals surface area contributed by atoms with Crippen LogP contribution in [0.1, 0.15) is 68.1 Å². The topological polar surface area (TPSA) is 67.2 Å². The van der Waals surface area contributed by atoms with E-state index in [2.05, 4.69) is 29.4 Å². The van der Waals surface area contributed by atoms with Crippen molar-refractivity contribution in [1.29, 1.82) is 0 Å². The molecule has 2 amide bonds. The Labute approximate surface area is 195 Å². The lowest BCUT2D eigenvalue weighted by molar-refractivity contribution is -0.134. The van der Waals surface area contributed by atoms with Gasteiger partial charge in [-0.1, -0.05) is 68.7 Å². The summed E-state index contributed by atoms with van der Waals surface area (Å²) in [5.74, 6) is 0.264. The summed E-state index contributed by atoms with van der Waals surface area (Å²) in [5.41, 5.74) is 1.84. The van der Waals surface area contributed by atoms with Crippen LogP contribution in [0.15, 0.2) is 54.6 Å². The van der Waals surface area contributed by atoms with E-state index in [0.717, 1.165) is 42.3 Å². The Morgan fingerprint density at radius 3 is 2.55 bits per heavy atom. The molecule has 0 radical (unpaired) electrons. The van der Waals surface area contributed by atoms with Crippen LogP contribution in [0, 0.1) is 0 Å². The highest BCUT2D eigenvalue weighted by Crippen LogP contribution is 2.33. The highest BCUT2D eigenvalue weighted by molar-refractivity contribution is 6.01. The molecule has 0 bridgehead atoms. The summed E-state index contributed by atoms with van der Waals surface area (Å²) in [7, 11) is 0. The van der Waals surface area contributed by atoms with E-state index in [1.165, 1.54) is 6.42 Å². The molecule has 0 spiro atoms. The van der Waals surface area contributed by atoms with Gasteiger partial charge in [0.15, 0.2) is 5.82 Å². The van der Waals surface area contributed by atoms with Gasteiger partial charge < -0.3 is 14.8 Å². The fourth-order valence-corrected chi connectivity index (χ4v) is 5.36. The van der Waals surface area contributed by atoms with Crippen LogP contribution >= 0.6 is 0 Å². The second-order valence-electron chi connectivity index (χ2n) is 9.82. The van der Waals surface area contributed by atoms with Gasteiger partial charge in [0.25, 0.3) is 5.91 Å². The first-order valence-electron chi connectivity index (χ1n) is 12.1. The molecule has 5 rings (SSSR count). The zero-order chi connectivity index (χ0) is 23.0. The molecule has 6 nitrogen and oxygen atoms in total. The van der Waals surface area contributed by atoms with Crippen molar-refractivity contribution in [2.45, 2.75) is 70.0 Å². The molecule has 0 saturated heterocycles. The summed E-state index contributed by atoms with van der Waals surface area (Å²) in [4.78, 5) is 34.0. The van der Waals surface area contributed by atoms with E-state index in [-0.39, 0.29) is 23.8 Å². The molecule has 1 aliphatic heterocycles. The maximum atomic E-state index is 13.8. The van der Waals surface area contributed by atoms with Crippen LogP contribution < -0.4 is 5.32 Å². The van der Waals surface area contributed by atoms with Gasteiger partial charge in [-0.05, 0) is 43.4 Å². The third-order valence-corrected chi connectivity index (χ3v) is 7.41. The predicted octanol–water partition coefficient (Wildman–Crippen LogP) is 4.50. The number of imidazole rings is 1. The van der Waals surface area contributed by atoms with Crippen LogP contribution in [0.2, 0.25) is 0 Å². The summed E-state index contributed by atoms with van der Waals surface area (Å²) in [6.07, 6.45) is 5.54. The molecule has 6 heteroatoms. The molecule has 2 aromatic carbocycles. The van der Waals surface area contributed by atoms with Crippen molar-refractivity contribution < 1.29 is 9.59 Å². The average Bonchev–Trinajstić information content (AvgIpc) is 3.21. The lowest BCUT2D eigenvalue weighted by Crippen LogP contribution is -2.65. The predicted molar refractivity (Wildman–Crippen MR) is 129 cm³/mol. The lowest BCUT2D eigenvalue weighted by Gasteiger charge is -2.45. The van der Waals surface area contributed by atoms with Gasteiger partial charge in [-0.3, -0.25) is 9.59 Å². The van der Waals surface area contributed by atoms with Crippen LogP contribution in [0.25, 0.3) is 11.0 Å². The largest absolute Gasteiger partial charge is 0.351 e. The number of rotatable bonds is 5. The Morgan fingerprint density at radius 1 is 1.09 bits per heavy atom. The van der Waals surface area contributed by atoms with E-state index in [9.17, 15) is 9.59 Å². The summed E-state index contributed by atoms with van der Waals surface area (Å²) in [6, 6.07) is 18.1. The first-order valence-corrected chi connectivity index (χ1v) is 12.1. The molecule has 1 aromatic heterocycles. The van der Waals surface area contributed by atoms with Gasteiger partial charge in [-0.15, -0.1) is 0 Å². The molecule has 1 N–H and O–H groups in total. The second kappa shape index (κ2) is 8.65. The lowest BCUT2D eigenvalue weighted by atomic mass is 9.90. The van der Waals surface area contributed by atoms with Crippen LogP contribution in [0.4, 0.5) is 0 Å². The Morgan fingerprint density at radius 2 is 1.79 bits per heavy atom. The highest BCUT2D eigenvalue weighted by Gasteiger charge is 2.49. The second-order valence-corrected chi connectivity index (χ2v) is 9.82. The number of hydrogen-bond acceptors (Lipinski definition) is 3. The van der Waals surface area contributed by atoms with Gasteiger partial charge in [0, 0.05) is 12.6 Å². The van der Waals surface area contributed by atoms with Crippen molar-refractivity contribution in [1.82, 2.24) is 19.8 Å². The van der Waals surface area contributed by atoms with Crippen LogP contribution in [0.5, 0.6) is 0 Å². The fraction of sp³-hybridized carbons (Fsp3) is 0.444. The number of nitrogens with one attached hydrogen (secondary N) is 1. The van der Waals surface area contributed by atoms with E-state index in [4.69, 9.17) is 0 Å². The minimum Gasteiger partial charge on any atom is -0.351 e. The van der Waals surface area contributed by atoms with Crippen molar-refractivity contribution in [3.05, 3.63) is 66.0 Å². The SMILES string of the molecule is CC(CN1C(=O)c2nc3ccccc3n2CC1(C)C(=O)NC1CCCCC1)c1ccccc1. The molecular weight excluding hydrogens is 412 g/mol. The summed E-state index contributed by atoms with van der Waals surface area (Å²) in [6.45, 7) is 4.88. The number of para-hydroxylation sites is 2. The first kappa shape index (κ1) is 21.7. The van der Waals surface area contributed by atoms with Crippen molar-refractivity contribution in [2.75, 3.05) is 6.54 Å². The Bertz CT molecular complexity index is 1170.